The van der Waals surface area contributed by atoms with Crippen LogP contribution in [-0.4, -0.2) is 51.1 Å². The molecule has 1 atom stereocenters. The van der Waals surface area contributed by atoms with Crippen LogP contribution >= 0.6 is 0 Å². The zero-order valence-electron chi connectivity index (χ0n) is 26.5. The summed E-state index contributed by atoms with van der Waals surface area (Å²) in [5.41, 5.74) is 6.57. The Morgan fingerprint density at radius 1 is 0.913 bits per heavy atom. The first kappa shape index (κ1) is 33.4. The second-order valence-electron chi connectivity index (χ2n) is 10.2. The second-order valence-corrected chi connectivity index (χ2v) is 10.2. The number of hydrogen-bond donors (Lipinski definition) is 3. The summed E-state index contributed by atoms with van der Waals surface area (Å²) >= 11 is 0. The van der Waals surface area contributed by atoms with E-state index in [4.69, 9.17) is 23.7 Å². The average molecular weight is 631 g/mol. The molecule has 4 rings (SSSR count). The van der Waals surface area contributed by atoms with Crippen molar-refractivity contribution in [2.24, 2.45) is 5.10 Å². The highest BCUT2D eigenvalue weighted by molar-refractivity contribution is 5.95. The Hall–Kier alpha value is -5.52. The topological polar surface area (TPSA) is 146 Å². The molecule has 3 aromatic rings. The lowest BCUT2D eigenvalue weighted by atomic mass is 9.95. The van der Waals surface area contributed by atoms with E-state index < -0.39 is 23.9 Å². The number of aryl methyl sites for hydroxylation is 1. The lowest BCUT2D eigenvalue weighted by Gasteiger charge is -2.28. The number of carbonyl (C=O) groups excluding carboxylic acids is 3. The predicted molar refractivity (Wildman–Crippen MR) is 171 cm³/mol. The average Bonchev–Trinajstić information content (AvgIpc) is 3.03. The fourth-order valence-corrected chi connectivity index (χ4v) is 4.72. The van der Waals surface area contributed by atoms with Crippen LogP contribution in [0.3, 0.4) is 0 Å². The van der Waals surface area contributed by atoms with Gasteiger partial charge in [-0.2, -0.15) is 5.10 Å². The Bertz CT molecular complexity index is 1640. The summed E-state index contributed by atoms with van der Waals surface area (Å²) in [5, 5.41) is 9.37. The summed E-state index contributed by atoms with van der Waals surface area (Å²) in [6.07, 6.45) is 1.49. The Morgan fingerprint density at radius 3 is 2.43 bits per heavy atom. The third-order valence-corrected chi connectivity index (χ3v) is 6.79. The lowest BCUT2D eigenvalue weighted by Crippen LogP contribution is -2.45. The third-order valence-electron chi connectivity index (χ3n) is 6.79. The summed E-state index contributed by atoms with van der Waals surface area (Å²) < 4.78 is 28.1. The molecule has 0 radical (unpaired) electrons. The summed E-state index contributed by atoms with van der Waals surface area (Å²) in [6.45, 7) is 7.94. The van der Waals surface area contributed by atoms with Crippen molar-refractivity contribution in [2.45, 2.75) is 40.3 Å². The van der Waals surface area contributed by atoms with Crippen molar-refractivity contribution in [1.29, 1.82) is 0 Å². The largest absolute Gasteiger partial charge is 0.493 e. The van der Waals surface area contributed by atoms with E-state index >= 15 is 0 Å². The predicted octanol–water partition coefficient (Wildman–Crippen LogP) is 4.70. The number of benzene rings is 3. The van der Waals surface area contributed by atoms with Gasteiger partial charge in [-0.3, -0.25) is 4.79 Å². The molecule has 0 aromatic heterocycles. The Balaban J connectivity index is 1.36. The highest BCUT2D eigenvalue weighted by Gasteiger charge is 2.32. The summed E-state index contributed by atoms with van der Waals surface area (Å²) in [5.74, 6) is 0.698. The van der Waals surface area contributed by atoms with Gasteiger partial charge in [0.2, 0.25) is 0 Å². The molecule has 3 amide bonds. The molecule has 0 unspecified atom stereocenters. The van der Waals surface area contributed by atoms with Crippen molar-refractivity contribution in [3.8, 4) is 23.0 Å². The van der Waals surface area contributed by atoms with Crippen LogP contribution in [0.2, 0.25) is 0 Å². The van der Waals surface area contributed by atoms with E-state index in [9.17, 15) is 14.4 Å². The molecule has 0 aliphatic carbocycles. The molecule has 1 aliphatic heterocycles. The molecular weight excluding hydrogens is 592 g/mol. The molecule has 3 N–H and O–H groups in total. The first-order chi connectivity index (χ1) is 22.2. The van der Waals surface area contributed by atoms with Crippen molar-refractivity contribution < 1.29 is 38.1 Å². The van der Waals surface area contributed by atoms with Gasteiger partial charge in [-0.15, -0.1) is 0 Å². The smallest absolute Gasteiger partial charge is 0.338 e. The van der Waals surface area contributed by atoms with Crippen molar-refractivity contribution in [3.05, 3.63) is 94.2 Å². The number of ether oxygens (including phenoxy) is 5. The van der Waals surface area contributed by atoms with Gasteiger partial charge >= 0.3 is 12.0 Å². The van der Waals surface area contributed by atoms with Gasteiger partial charge < -0.3 is 34.3 Å². The van der Waals surface area contributed by atoms with Crippen LogP contribution in [-0.2, 0) is 20.9 Å². The van der Waals surface area contributed by atoms with Crippen LogP contribution in [0.25, 0.3) is 0 Å². The monoisotopic (exact) mass is 630 g/mol. The number of nitrogens with one attached hydrogen (secondary N) is 3. The van der Waals surface area contributed by atoms with Crippen LogP contribution in [0.5, 0.6) is 23.0 Å². The Morgan fingerprint density at radius 2 is 1.70 bits per heavy atom. The van der Waals surface area contributed by atoms with E-state index in [2.05, 4.69) is 27.2 Å². The van der Waals surface area contributed by atoms with E-state index in [-0.39, 0.29) is 24.5 Å². The molecule has 12 nitrogen and oxygen atoms in total. The van der Waals surface area contributed by atoms with Gasteiger partial charge in [-0.1, -0.05) is 35.9 Å². The SMILES string of the molecule is CCOC(=O)C1=C(C)NC(=O)N[C@@H]1c1ccc(OCC(=O)N/N=C\c2ccc(OCc3cccc(C)c3)c(OCC)c2)c(OC)c1. The van der Waals surface area contributed by atoms with Gasteiger partial charge in [-0.05, 0) is 74.7 Å². The van der Waals surface area contributed by atoms with Crippen molar-refractivity contribution in [2.75, 3.05) is 26.9 Å². The lowest BCUT2D eigenvalue weighted by molar-refractivity contribution is -0.139. The fraction of sp³-hybridized carbons (Fsp3) is 0.294. The van der Waals surface area contributed by atoms with Crippen LogP contribution in [0.4, 0.5) is 4.79 Å². The summed E-state index contributed by atoms with van der Waals surface area (Å²) in [7, 11) is 1.44. The minimum absolute atomic E-state index is 0.184. The zero-order valence-corrected chi connectivity index (χ0v) is 26.5. The number of amides is 3. The fourth-order valence-electron chi connectivity index (χ4n) is 4.72. The number of hydrazone groups is 1. The quantitative estimate of drug-likeness (QED) is 0.132. The second kappa shape index (κ2) is 16.0. The molecule has 3 aromatic carbocycles. The highest BCUT2D eigenvalue weighted by Crippen LogP contribution is 2.34. The highest BCUT2D eigenvalue weighted by atomic mass is 16.5. The van der Waals surface area contributed by atoms with Crippen LogP contribution in [0, 0.1) is 6.92 Å². The molecule has 46 heavy (non-hydrogen) atoms. The van der Waals surface area contributed by atoms with Gasteiger partial charge in [0, 0.05) is 5.70 Å². The Labute approximate surface area is 267 Å². The van der Waals surface area contributed by atoms with E-state index in [1.807, 2.05) is 38.1 Å². The summed E-state index contributed by atoms with van der Waals surface area (Å²) in [6, 6.07) is 17.1. The van der Waals surface area contributed by atoms with Gasteiger partial charge in [0.1, 0.15) is 6.61 Å². The first-order valence-corrected chi connectivity index (χ1v) is 14.8. The summed E-state index contributed by atoms with van der Waals surface area (Å²) in [4.78, 5) is 37.3. The molecule has 0 fully saturated rings. The molecule has 0 bridgehead atoms. The van der Waals surface area contributed by atoms with Gasteiger partial charge in [-0.25, -0.2) is 15.0 Å². The molecular formula is C34H38N4O8. The van der Waals surface area contributed by atoms with Crippen LogP contribution in [0.1, 0.15) is 49.1 Å². The maximum Gasteiger partial charge on any atom is 0.338 e. The number of carbonyl (C=O) groups is 3. The number of esters is 1. The number of hydrogen-bond acceptors (Lipinski definition) is 9. The minimum atomic E-state index is -0.773. The molecule has 1 aliphatic rings. The van der Waals surface area contributed by atoms with Crippen molar-refractivity contribution in [1.82, 2.24) is 16.1 Å². The number of rotatable bonds is 14. The minimum Gasteiger partial charge on any atom is -0.493 e. The third kappa shape index (κ3) is 8.78. The van der Waals surface area contributed by atoms with E-state index in [1.165, 1.54) is 13.3 Å². The van der Waals surface area contributed by atoms with Crippen molar-refractivity contribution >= 4 is 24.1 Å². The molecule has 0 saturated carbocycles. The standard InChI is InChI=1S/C34H38N4O8/c1-6-43-29-16-23(11-13-27(29)45-19-24-10-8-9-21(3)15-24)18-35-38-30(39)20-46-26-14-12-25(17-28(26)42-5)32-31(33(40)44-7-2)22(4)36-34(41)37-32/h8-18,32H,6-7,19-20H2,1-5H3,(H,38,39)(H2,36,37,41)/b35-18-/t32-/m1/s1. The van der Waals surface area contributed by atoms with Gasteiger partial charge in [0.15, 0.2) is 29.6 Å². The number of nitrogens with zero attached hydrogens (tertiary/aromatic N) is 1. The molecule has 12 heteroatoms. The molecule has 0 spiro atoms. The van der Waals surface area contributed by atoms with Gasteiger partial charge in [0.05, 0.1) is 38.2 Å². The normalized spacial score (nSPS) is 14.3. The maximum absolute atomic E-state index is 12.6. The molecule has 1 heterocycles. The first-order valence-electron chi connectivity index (χ1n) is 14.8. The molecule has 242 valence electrons. The van der Waals surface area contributed by atoms with Crippen LogP contribution in [0.15, 0.2) is 77.0 Å². The van der Waals surface area contributed by atoms with Gasteiger partial charge in [0.25, 0.3) is 5.91 Å². The van der Waals surface area contributed by atoms with E-state index in [1.54, 1.807) is 44.2 Å². The number of allylic oxidation sites excluding steroid dienone is 1. The number of methoxy groups -OCH3 is 1. The number of urea groups is 1. The molecule has 0 saturated heterocycles. The van der Waals surface area contributed by atoms with Crippen LogP contribution < -0.4 is 35.0 Å². The Kier molecular flexibility index (Phi) is 11.6. The van der Waals surface area contributed by atoms with E-state index in [0.29, 0.717) is 47.3 Å². The maximum atomic E-state index is 12.6. The van der Waals surface area contributed by atoms with Crippen molar-refractivity contribution in [3.63, 3.8) is 0 Å². The zero-order chi connectivity index (χ0) is 33.1. The van der Waals surface area contributed by atoms with E-state index in [0.717, 1.165) is 11.1 Å².